The average Bonchev–Trinajstić information content (AvgIpc) is 3.85. The molecule has 10 aromatic rings. The molecule has 1 heteroatoms. The van der Waals surface area contributed by atoms with Crippen molar-refractivity contribution in [3.8, 4) is 44.7 Å². The maximum atomic E-state index is 9.27. The molecule has 0 saturated carbocycles. The lowest BCUT2D eigenvalue weighted by Gasteiger charge is -2.33. The molecule has 1 nitrogen and oxygen atoms in total. The van der Waals surface area contributed by atoms with Crippen LogP contribution in [-0.2, 0) is 5.41 Å². The van der Waals surface area contributed by atoms with Crippen LogP contribution >= 0.6 is 0 Å². The largest absolute Gasteiger partial charge is 0.456 e. The summed E-state index contributed by atoms with van der Waals surface area (Å²) in [6.45, 7) is 0. The van der Waals surface area contributed by atoms with Gasteiger partial charge in [0.2, 0.25) is 0 Å². The van der Waals surface area contributed by atoms with E-state index in [0.717, 1.165) is 55.3 Å². The second-order valence-electron chi connectivity index (χ2n) is 14.1. The molecule has 1 aromatic heterocycles. The minimum atomic E-state index is -0.480. The van der Waals surface area contributed by atoms with Gasteiger partial charge in [0.05, 0.1) is 10.9 Å². The van der Waals surface area contributed by atoms with Crippen LogP contribution in [0.15, 0.2) is 211 Å². The van der Waals surface area contributed by atoms with E-state index in [4.69, 9.17) is 7.16 Å². The molecule has 0 amide bonds. The maximum Gasteiger partial charge on any atom is 0.135 e. The summed E-state index contributed by atoms with van der Waals surface area (Å²) < 4.78 is 42.5. The fourth-order valence-corrected chi connectivity index (χ4v) is 9.02. The van der Waals surface area contributed by atoms with Gasteiger partial charge in [0, 0.05) is 10.9 Å². The minimum Gasteiger partial charge on any atom is -0.456 e. The Labute approximate surface area is 320 Å². The smallest absolute Gasteiger partial charge is 0.135 e. The molecule has 0 bridgehead atoms. The van der Waals surface area contributed by atoms with Crippen LogP contribution in [-0.4, -0.2) is 0 Å². The summed E-state index contributed by atoms with van der Waals surface area (Å²) in [4.78, 5) is 0. The fraction of sp³-hybridized carbons (Fsp3) is 0.0189. The zero-order valence-corrected chi connectivity index (χ0v) is 29.2. The highest BCUT2D eigenvalue weighted by atomic mass is 16.3. The molecule has 1 aliphatic rings. The van der Waals surface area contributed by atoms with Gasteiger partial charge in [-0.05, 0) is 101 Å². The summed E-state index contributed by atoms with van der Waals surface area (Å²) >= 11 is 0. The van der Waals surface area contributed by atoms with Crippen molar-refractivity contribution in [3.63, 3.8) is 0 Å². The third kappa shape index (κ3) is 4.45. The molecule has 0 atom stereocenters. The van der Waals surface area contributed by atoms with E-state index in [0.29, 0.717) is 10.8 Å². The predicted octanol–water partition coefficient (Wildman–Crippen LogP) is 14.1. The van der Waals surface area contributed by atoms with Crippen LogP contribution in [0.5, 0.6) is 0 Å². The van der Waals surface area contributed by atoms with Gasteiger partial charge in [-0.3, -0.25) is 0 Å². The van der Waals surface area contributed by atoms with Gasteiger partial charge < -0.3 is 4.42 Å². The first-order valence-corrected chi connectivity index (χ1v) is 18.3. The van der Waals surface area contributed by atoms with Crippen LogP contribution < -0.4 is 0 Å². The van der Waals surface area contributed by atoms with Gasteiger partial charge >= 0.3 is 0 Å². The highest BCUT2D eigenvalue weighted by molar-refractivity contribution is 6.21. The van der Waals surface area contributed by atoms with Crippen LogP contribution in [0.3, 0.4) is 0 Å². The van der Waals surface area contributed by atoms with E-state index >= 15 is 0 Å². The molecule has 0 spiro atoms. The molecule has 0 fully saturated rings. The van der Waals surface area contributed by atoms with Gasteiger partial charge in [-0.1, -0.05) is 182 Å². The number of hydrogen-bond donors (Lipinski definition) is 0. The van der Waals surface area contributed by atoms with E-state index in [1.165, 1.54) is 33.4 Å². The Hall–Kier alpha value is -6.96. The average molecular weight is 691 g/mol. The van der Waals surface area contributed by atoms with Crippen molar-refractivity contribution in [2.24, 2.45) is 0 Å². The van der Waals surface area contributed by atoms with Crippen molar-refractivity contribution in [1.29, 1.82) is 0 Å². The van der Waals surface area contributed by atoms with E-state index in [1.54, 1.807) is 0 Å². The van der Waals surface area contributed by atoms with Crippen molar-refractivity contribution in [2.45, 2.75) is 5.41 Å². The molecule has 0 aliphatic heterocycles. The molecule has 54 heavy (non-hydrogen) atoms. The van der Waals surface area contributed by atoms with Crippen LogP contribution in [0.1, 0.15) is 27.7 Å². The second kappa shape index (κ2) is 12.0. The third-order valence-corrected chi connectivity index (χ3v) is 11.3. The molecule has 11 rings (SSSR count). The molecule has 1 aliphatic carbocycles. The number of fused-ring (bicyclic) bond motifs is 6. The van der Waals surface area contributed by atoms with Crippen LogP contribution in [0, 0.1) is 0 Å². The Balaban J connectivity index is 1.11. The monoisotopic (exact) mass is 690 g/mol. The summed E-state index contributed by atoms with van der Waals surface area (Å²) in [6.07, 6.45) is 0. The van der Waals surface area contributed by atoms with Crippen molar-refractivity contribution in [1.82, 2.24) is 0 Å². The highest BCUT2D eigenvalue weighted by Gasteiger charge is 2.46. The summed E-state index contributed by atoms with van der Waals surface area (Å²) in [7, 11) is 0. The van der Waals surface area contributed by atoms with Gasteiger partial charge in [-0.25, -0.2) is 0 Å². The summed E-state index contributed by atoms with van der Waals surface area (Å²) in [5.41, 5.74) is 11.9. The first-order chi connectivity index (χ1) is 28.4. The molecule has 0 N–H and O–H groups in total. The van der Waals surface area contributed by atoms with Crippen molar-refractivity contribution >= 4 is 32.5 Å². The van der Waals surface area contributed by atoms with Crippen LogP contribution in [0.25, 0.3) is 77.2 Å². The standard InChI is InChI=1S/C53H34O/c1-4-16-35(17-5-1)51-42-23-10-12-25-44(42)52(45-26-13-11-24-43(45)51)37-29-31-49-38(32-37)34-50(54-49)36-28-30-48-46(33-36)41-22-14-15-27-47(41)53(48,39-18-6-2-7-19-39)40-20-8-3-9-21-40/h1-34H/i10D,12D,23D,25D. The highest BCUT2D eigenvalue weighted by Crippen LogP contribution is 2.56. The number of rotatable bonds is 5. The Bertz CT molecular complexity index is 3220. The molecule has 0 unspecified atom stereocenters. The SMILES string of the molecule is [2H]c1c([2H])c([2H])c2c(-c3ccc4oc(-c5ccc6c(c5)-c5ccccc5C6(c5ccccc5)c5ccccc5)cc4c3)c3ccccc3c(-c3ccccc3)c2c1[2H]. The second-order valence-corrected chi connectivity index (χ2v) is 14.1. The molecular formula is C53H34O. The van der Waals surface area contributed by atoms with Gasteiger partial charge in [0.15, 0.2) is 0 Å². The third-order valence-electron chi connectivity index (χ3n) is 11.3. The maximum absolute atomic E-state index is 9.27. The van der Waals surface area contributed by atoms with Gasteiger partial charge in [0.1, 0.15) is 11.3 Å². The van der Waals surface area contributed by atoms with Gasteiger partial charge in [0.25, 0.3) is 0 Å². The van der Waals surface area contributed by atoms with E-state index in [9.17, 15) is 2.74 Å². The number of hydrogen-bond acceptors (Lipinski definition) is 1. The lowest BCUT2D eigenvalue weighted by Crippen LogP contribution is -2.28. The first-order valence-electron chi connectivity index (χ1n) is 20.3. The van der Waals surface area contributed by atoms with E-state index in [1.807, 2.05) is 60.7 Å². The topological polar surface area (TPSA) is 13.1 Å². The van der Waals surface area contributed by atoms with E-state index in [-0.39, 0.29) is 24.2 Å². The normalized spacial score (nSPS) is 14.0. The van der Waals surface area contributed by atoms with E-state index in [2.05, 4.69) is 121 Å². The van der Waals surface area contributed by atoms with Crippen LogP contribution in [0.4, 0.5) is 0 Å². The molecule has 0 saturated heterocycles. The Morgan fingerprint density at radius 3 is 1.65 bits per heavy atom. The number of benzene rings is 9. The Morgan fingerprint density at radius 2 is 0.963 bits per heavy atom. The lowest BCUT2D eigenvalue weighted by atomic mass is 9.67. The fourth-order valence-electron chi connectivity index (χ4n) is 9.02. The van der Waals surface area contributed by atoms with E-state index < -0.39 is 5.41 Å². The lowest BCUT2D eigenvalue weighted by molar-refractivity contribution is 0.631. The van der Waals surface area contributed by atoms with Crippen molar-refractivity contribution in [3.05, 3.63) is 228 Å². The zero-order valence-electron chi connectivity index (χ0n) is 33.2. The van der Waals surface area contributed by atoms with Crippen molar-refractivity contribution in [2.75, 3.05) is 0 Å². The summed E-state index contributed by atoms with van der Waals surface area (Å²) in [5, 5.41) is 3.76. The zero-order chi connectivity index (χ0) is 39.1. The van der Waals surface area contributed by atoms with Crippen LogP contribution in [0.2, 0.25) is 0 Å². The van der Waals surface area contributed by atoms with Crippen molar-refractivity contribution < 1.29 is 9.90 Å². The minimum absolute atomic E-state index is 0.0461. The number of furan rings is 1. The molecule has 1 heterocycles. The quantitative estimate of drug-likeness (QED) is 0.164. The molecule has 252 valence electrons. The van der Waals surface area contributed by atoms with Gasteiger partial charge in [-0.15, -0.1) is 0 Å². The summed E-state index contributed by atoms with van der Waals surface area (Å²) in [5.74, 6) is 0.750. The van der Waals surface area contributed by atoms with Gasteiger partial charge in [-0.2, -0.15) is 0 Å². The predicted molar refractivity (Wildman–Crippen MR) is 225 cm³/mol. The Kier molecular flexibility index (Phi) is 5.97. The first kappa shape index (κ1) is 26.8. The molecule has 9 aromatic carbocycles. The molecular weight excluding hydrogens is 653 g/mol. The summed E-state index contributed by atoms with van der Waals surface area (Å²) in [6, 6.07) is 62.5. The molecule has 0 radical (unpaired) electrons. The Morgan fingerprint density at radius 1 is 0.407 bits per heavy atom.